The highest BCUT2D eigenvalue weighted by Crippen LogP contribution is 2.56. The summed E-state index contributed by atoms with van der Waals surface area (Å²) in [6.45, 7) is 9.05. The van der Waals surface area contributed by atoms with Crippen LogP contribution in [-0.4, -0.2) is 16.2 Å². The molecule has 2 nitrogen and oxygen atoms in total. The molecule has 0 aromatic carbocycles. The molecule has 94 valence electrons. The lowest BCUT2D eigenvalue weighted by atomic mass is 9.50. The number of rotatable bonds is 1. The van der Waals surface area contributed by atoms with Crippen LogP contribution in [0.25, 0.3) is 0 Å². The molecule has 0 aromatic rings. The number of hydrogen-bond donors (Lipinski definition) is 2. The molecule has 2 rings (SSSR count). The van der Waals surface area contributed by atoms with Crippen molar-refractivity contribution in [2.24, 2.45) is 16.6 Å². The van der Waals surface area contributed by atoms with E-state index < -0.39 is 5.60 Å². The van der Waals surface area contributed by atoms with E-state index in [2.05, 4.69) is 27.7 Å². The summed E-state index contributed by atoms with van der Waals surface area (Å²) in [5, 5.41) is 10.7. The maximum atomic E-state index is 10.7. The third-order valence-electron chi connectivity index (χ3n) is 4.96. The van der Waals surface area contributed by atoms with Gasteiger partial charge >= 0.3 is 0 Å². The van der Waals surface area contributed by atoms with Crippen LogP contribution in [0.3, 0.4) is 0 Å². The van der Waals surface area contributed by atoms with Crippen molar-refractivity contribution in [3.8, 4) is 0 Å². The zero-order valence-corrected chi connectivity index (χ0v) is 11.3. The van der Waals surface area contributed by atoms with Gasteiger partial charge in [-0.2, -0.15) is 0 Å². The van der Waals surface area contributed by atoms with Crippen LogP contribution in [0.2, 0.25) is 0 Å². The quantitative estimate of drug-likeness (QED) is 0.721. The second-order valence-electron chi connectivity index (χ2n) is 7.87. The highest BCUT2D eigenvalue weighted by Gasteiger charge is 2.59. The van der Waals surface area contributed by atoms with E-state index >= 15 is 0 Å². The summed E-state index contributed by atoms with van der Waals surface area (Å²) in [5.41, 5.74) is 6.28. The molecule has 0 radical (unpaired) electrons. The maximum absolute atomic E-state index is 10.7. The smallest absolute Gasteiger partial charge is 0.0836 e. The molecule has 0 atom stereocenters. The van der Waals surface area contributed by atoms with Gasteiger partial charge in [0.25, 0.3) is 0 Å². The highest BCUT2D eigenvalue weighted by molar-refractivity contribution is 5.15. The van der Waals surface area contributed by atoms with E-state index in [1.807, 2.05) is 0 Å². The van der Waals surface area contributed by atoms with Gasteiger partial charge in [-0.25, -0.2) is 0 Å². The zero-order chi connectivity index (χ0) is 12.2. The van der Waals surface area contributed by atoms with Gasteiger partial charge in [-0.1, -0.05) is 27.7 Å². The number of nitrogens with two attached hydrogens (primary N) is 1. The van der Waals surface area contributed by atoms with Crippen LogP contribution in [0.1, 0.15) is 66.2 Å². The second kappa shape index (κ2) is 3.23. The molecular formula is C14H27NO. The van der Waals surface area contributed by atoms with E-state index in [-0.39, 0.29) is 11.0 Å². The molecular weight excluding hydrogens is 198 g/mol. The van der Waals surface area contributed by atoms with E-state index in [0.29, 0.717) is 5.41 Å². The minimum atomic E-state index is -0.590. The molecule has 0 aromatic heterocycles. The summed E-state index contributed by atoms with van der Waals surface area (Å²) >= 11 is 0. The van der Waals surface area contributed by atoms with E-state index in [9.17, 15) is 5.11 Å². The van der Waals surface area contributed by atoms with Crippen molar-refractivity contribution in [2.75, 3.05) is 0 Å². The van der Waals surface area contributed by atoms with Gasteiger partial charge in [0.2, 0.25) is 0 Å². The number of hydrogen-bond acceptors (Lipinski definition) is 2. The van der Waals surface area contributed by atoms with Crippen molar-refractivity contribution in [1.82, 2.24) is 0 Å². The van der Waals surface area contributed by atoms with Crippen molar-refractivity contribution in [3.63, 3.8) is 0 Å². The average Bonchev–Trinajstić information content (AvgIpc) is 2.07. The van der Waals surface area contributed by atoms with Crippen molar-refractivity contribution in [3.05, 3.63) is 0 Å². The Balaban J connectivity index is 2.05. The SMILES string of the molecule is CC1(C)CCC(N)(C2(O)CC(C)(C)C2)CC1. The van der Waals surface area contributed by atoms with E-state index in [1.165, 1.54) is 0 Å². The molecule has 0 bridgehead atoms. The fraction of sp³-hybridized carbons (Fsp3) is 1.00. The van der Waals surface area contributed by atoms with Crippen molar-refractivity contribution in [1.29, 1.82) is 0 Å². The van der Waals surface area contributed by atoms with E-state index in [0.717, 1.165) is 38.5 Å². The minimum absolute atomic E-state index is 0.286. The highest BCUT2D eigenvalue weighted by atomic mass is 16.3. The van der Waals surface area contributed by atoms with Crippen LogP contribution in [0.5, 0.6) is 0 Å². The fourth-order valence-electron chi connectivity index (χ4n) is 3.72. The van der Waals surface area contributed by atoms with Crippen LogP contribution < -0.4 is 5.73 Å². The molecule has 2 fully saturated rings. The maximum Gasteiger partial charge on any atom is 0.0836 e. The average molecular weight is 225 g/mol. The zero-order valence-electron chi connectivity index (χ0n) is 11.3. The van der Waals surface area contributed by atoms with Crippen LogP contribution in [0, 0.1) is 10.8 Å². The Morgan fingerprint density at radius 1 is 0.812 bits per heavy atom. The summed E-state index contributed by atoms with van der Waals surface area (Å²) in [4.78, 5) is 0. The van der Waals surface area contributed by atoms with E-state index in [1.54, 1.807) is 0 Å². The Bertz CT molecular complexity index is 275. The molecule has 2 aliphatic rings. The first-order valence-corrected chi connectivity index (χ1v) is 6.59. The van der Waals surface area contributed by atoms with Gasteiger partial charge in [0.15, 0.2) is 0 Å². The predicted octanol–water partition coefficient (Wildman–Crippen LogP) is 2.84. The first-order valence-electron chi connectivity index (χ1n) is 6.59. The molecule has 0 unspecified atom stereocenters. The summed E-state index contributed by atoms with van der Waals surface area (Å²) < 4.78 is 0. The van der Waals surface area contributed by atoms with Gasteiger partial charge in [0.1, 0.15) is 0 Å². The lowest BCUT2D eigenvalue weighted by Crippen LogP contribution is -2.69. The minimum Gasteiger partial charge on any atom is -0.388 e. The Kier molecular flexibility index (Phi) is 2.50. The van der Waals surface area contributed by atoms with Crippen LogP contribution in [0.15, 0.2) is 0 Å². The summed E-state index contributed by atoms with van der Waals surface area (Å²) in [6, 6.07) is 0. The summed E-state index contributed by atoms with van der Waals surface area (Å²) in [7, 11) is 0. The van der Waals surface area contributed by atoms with Crippen molar-refractivity contribution in [2.45, 2.75) is 77.4 Å². The first kappa shape index (κ1) is 12.4. The second-order valence-corrected chi connectivity index (χ2v) is 7.87. The molecule has 2 aliphatic carbocycles. The number of aliphatic hydroxyl groups is 1. The molecule has 0 saturated heterocycles. The molecule has 2 saturated carbocycles. The monoisotopic (exact) mass is 225 g/mol. The third kappa shape index (κ3) is 1.91. The Labute approximate surface area is 99.6 Å². The molecule has 0 spiro atoms. The molecule has 0 aliphatic heterocycles. The Hall–Kier alpha value is -0.0800. The summed E-state index contributed by atoms with van der Waals surface area (Å²) in [6.07, 6.45) is 5.99. The predicted molar refractivity (Wildman–Crippen MR) is 67.1 cm³/mol. The lowest BCUT2D eigenvalue weighted by Gasteiger charge is -2.60. The van der Waals surface area contributed by atoms with Crippen molar-refractivity contribution < 1.29 is 5.11 Å². The van der Waals surface area contributed by atoms with Gasteiger partial charge in [-0.3, -0.25) is 0 Å². The van der Waals surface area contributed by atoms with Gasteiger partial charge in [-0.15, -0.1) is 0 Å². The summed E-state index contributed by atoms with van der Waals surface area (Å²) in [5.74, 6) is 0. The molecule has 3 N–H and O–H groups in total. The Morgan fingerprint density at radius 3 is 1.62 bits per heavy atom. The lowest BCUT2D eigenvalue weighted by molar-refractivity contribution is -0.173. The van der Waals surface area contributed by atoms with Crippen molar-refractivity contribution >= 4 is 0 Å². The van der Waals surface area contributed by atoms with Gasteiger partial charge in [-0.05, 0) is 49.4 Å². The molecule has 16 heavy (non-hydrogen) atoms. The Morgan fingerprint density at radius 2 is 1.25 bits per heavy atom. The third-order valence-corrected chi connectivity index (χ3v) is 4.96. The van der Waals surface area contributed by atoms with Gasteiger partial charge < -0.3 is 10.8 Å². The largest absolute Gasteiger partial charge is 0.388 e. The molecule has 0 amide bonds. The van der Waals surface area contributed by atoms with Gasteiger partial charge in [0, 0.05) is 5.54 Å². The first-order chi connectivity index (χ1) is 7.08. The van der Waals surface area contributed by atoms with Gasteiger partial charge in [0.05, 0.1) is 5.60 Å². The molecule has 2 heteroatoms. The topological polar surface area (TPSA) is 46.2 Å². The van der Waals surface area contributed by atoms with Crippen LogP contribution >= 0.6 is 0 Å². The molecule has 0 heterocycles. The van der Waals surface area contributed by atoms with Crippen LogP contribution in [0.4, 0.5) is 0 Å². The van der Waals surface area contributed by atoms with Crippen LogP contribution in [-0.2, 0) is 0 Å². The normalized spacial score (nSPS) is 34.1. The van der Waals surface area contributed by atoms with E-state index in [4.69, 9.17) is 5.73 Å². The fourth-order valence-corrected chi connectivity index (χ4v) is 3.72. The standard InChI is InChI=1S/C14H27NO/c1-11(2)5-7-13(15,8-6-11)14(16)9-12(3,4)10-14/h16H,5-10,15H2,1-4H3.